The average molecular weight is 1000 g/mol. The van der Waals surface area contributed by atoms with Gasteiger partial charge in [0, 0.05) is 44.5 Å². The molecule has 0 saturated heterocycles. The lowest BCUT2D eigenvalue weighted by atomic mass is 9.82. The Labute approximate surface area is 421 Å². The molecule has 3 aliphatic rings. The molecule has 1 N–H and O–H groups in total. The van der Waals surface area contributed by atoms with E-state index in [2.05, 4.69) is 21.4 Å². The SMILES string of the molecule is CC(C)(C)OC(=O)N[C@@H](CCCCCC(=O)CN1CC=C(c2cccc3c2CCN(C(=O)[C@H]2CC(c4cccc(Cl)c4F)=NO2)[C@@H]3C(=O)Cc2ccc(C(=O)OC(C)(C)C)cc2)CC1)C(=O)OC(C)(C)C. The van der Waals surface area contributed by atoms with E-state index in [-0.39, 0.29) is 47.3 Å². The number of oxime groups is 1. The van der Waals surface area contributed by atoms with Crippen LogP contribution in [-0.4, -0.2) is 106 Å². The number of carbonyl (C=O) groups is 6. The lowest BCUT2D eigenvalue weighted by molar-refractivity contribution is -0.157. The Kier molecular flexibility index (Phi) is 17.7. The molecule has 0 spiro atoms. The Morgan fingerprint density at radius 2 is 1.49 bits per heavy atom. The molecule has 6 rings (SSSR count). The number of benzene rings is 3. The number of Topliss-reactive ketones (excluding diaryl/α,β-unsaturated/α-hetero) is 2. The fraction of sp³-hybridized carbons (Fsp3) is 0.509. The number of ether oxygens (including phenoxy) is 3. The molecule has 0 bridgehead atoms. The van der Waals surface area contributed by atoms with Gasteiger partial charge in [-0.2, -0.15) is 0 Å². The summed E-state index contributed by atoms with van der Waals surface area (Å²) in [6.07, 6.45) is 4.08. The number of hydrogen-bond donors (Lipinski definition) is 1. The molecule has 0 aromatic heterocycles. The van der Waals surface area contributed by atoms with Crippen molar-refractivity contribution >= 4 is 58.4 Å². The molecule has 3 aliphatic heterocycles. The highest BCUT2D eigenvalue weighted by molar-refractivity contribution is 6.31. The first-order chi connectivity index (χ1) is 33.4. The second-order valence-electron chi connectivity index (χ2n) is 21.4. The molecule has 2 amide bonds. The number of rotatable bonds is 17. The number of ketones is 2. The minimum atomic E-state index is -1.09. The molecule has 0 radical (unpaired) electrons. The summed E-state index contributed by atoms with van der Waals surface area (Å²) in [4.78, 5) is 89.7. The highest BCUT2D eigenvalue weighted by atomic mass is 35.5. The van der Waals surface area contributed by atoms with E-state index in [1.54, 1.807) is 97.5 Å². The van der Waals surface area contributed by atoms with Gasteiger partial charge in [-0.15, -0.1) is 0 Å². The van der Waals surface area contributed by atoms with Crippen molar-refractivity contribution in [3.8, 4) is 0 Å². The molecule has 14 nitrogen and oxygen atoms in total. The van der Waals surface area contributed by atoms with E-state index in [4.69, 9.17) is 30.6 Å². The largest absolute Gasteiger partial charge is 0.458 e. The van der Waals surface area contributed by atoms with Crippen LogP contribution < -0.4 is 5.32 Å². The van der Waals surface area contributed by atoms with E-state index >= 15 is 4.39 Å². The maximum absolute atomic E-state index is 15.0. The van der Waals surface area contributed by atoms with Crippen LogP contribution in [0.5, 0.6) is 0 Å². The van der Waals surface area contributed by atoms with E-state index in [1.807, 2.05) is 18.2 Å². The van der Waals surface area contributed by atoms with Crippen LogP contribution >= 0.6 is 11.6 Å². The summed E-state index contributed by atoms with van der Waals surface area (Å²) in [5.41, 5.74) is 3.01. The van der Waals surface area contributed by atoms with Crippen molar-refractivity contribution in [3.05, 3.63) is 111 Å². The fourth-order valence-corrected chi connectivity index (χ4v) is 9.05. The van der Waals surface area contributed by atoms with Gasteiger partial charge in [-0.05, 0) is 140 Å². The van der Waals surface area contributed by atoms with Crippen LogP contribution in [0.25, 0.3) is 5.57 Å². The molecular formula is C55H68ClFN4O10. The van der Waals surface area contributed by atoms with Gasteiger partial charge in [0.2, 0.25) is 6.10 Å². The number of nitrogens with one attached hydrogen (secondary N) is 1. The number of carbonyl (C=O) groups excluding carboxylic acids is 6. The lowest BCUT2D eigenvalue weighted by Gasteiger charge is -2.38. The first kappa shape index (κ1) is 54.4. The maximum atomic E-state index is 15.0. The van der Waals surface area contributed by atoms with Crippen LogP contribution in [0.2, 0.25) is 5.02 Å². The molecule has 0 unspecified atom stereocenters. The zero-order chi connectivity index (χ0) is 51.8. The number of esters is 2. The molecule has 0 aliphatic carbocycles. The minimum absolute atomic E-state index is 0.0101. The Balaban J connectivity index is 1.11. The predicted octanol–water partition coefficient (Wildman–Crippen LogP) is 9.71. The van der Waals surface area contributed by atoms with E-state index in [1.165, 1.54) is 12.1 Å². The van der Waals surface area contributed by atoms with Crippen molar-refractivity contribution in [2.24, 2.45) is 5.16 Å². The third-order valence-corrected chi connectivity index (χ3v) is 12.3. The molecule has 3 heterocycles. The Morgan fingerprint density at radius 1 is 0.817 bits per heavy atom. The normalized spacial score (nSPS) is 17.8. The Hall–Kier alpha value is -5.93. The van der Waals surface area contributed by atoms with Gasteiger partial charge in [0.05, 0.1) is 22.8 Å². The monoisotopic (exact) mass is 998 g/mol. The summed E-state index contributed by atoms with van der Waals surface area (Å²) in [6.45, 7) is 17.6. The number of alkyl carbamates (subject to hydrolysis) is 1. The molecule has 0 fully saturated rings. The van der Waals surface area contributed by atoms with Crippen LogP contribution in [0.1, 0.15) is 151 Å². The van der Waals surface area contributed by atoms with Gasteiger partial charge in [-0.25, -0.2) is 18.8 Å². The number of amides is 2. The first-order valence-electron chi connectivity index (χ1n) is 24.5. The van der Waals surface area contributed by atoms with Gasteiger partial charge in [0.1, 0.15) is 34.7 Å². The van der Waals surface area contributed by atoms with Crippen LogP contribution in [0.4, 0.5) is 9.18 Å². The Bertz CT molecular complexity index is 2540. The topological polar surface area (TPSA) is 170 Å². The van der Waals surface area contributed by atoms with Crippen LogP contribution in [0.15, 0.2) is 71.9 Å². The van der Waals surface area contributed by atoms with Crippen LogP contribution in [-0.2, 0) is 51.1 Å². The number of halogens is 2. The standard InChI is InChI=1S/C55H68ClFN4O10/c1-53(2,3)68-50(65)36-23-21-34(22-24-36)31-45(63)48-40-17-13-16-38(39(40)27-30-61(48)49(64)46-32-44(59-71-46)41-18-14-19-42(56)47(41)57)35-25-28-60(29-26-35)33-37(62)15-11-10-12-20-43(51(66)69-54(4,5)6)58-52(67)70-55(7,8)9/h13-14,16-19,21-25,43,46,48H,10-12,15,20,26-33H2,1-9H3,(H,58,67)/t43-,46+,48-/m0/s1. The second-order valence-corrected chi connectivity index (χ2v) is 21.8. The lowest BCUT2D eigenvalue weighted by Crippen LogP contribution is -2.48. The third kappa shape index (κ3) is 15.3. The maximum Gasteiger partial charge on any atom is 0.408 e. The molecule has 3 aromatic carbocycles. The van der Waals surface area contributed by atoms with Crippen molar-refractivity contribution in [1.82, 2.24) is 15.1 Å². The minimum Gasteiger partial charge on any atom is -0.458 e. The van der Waals surface area contributed by atoms with Gasteiger partial charge < -0.3 is 29.3 Å². The highest BCUT2D eigenvalue weighted by Crippen LogP contribution is 2.38. The van der Waals surface area contributed by atoms with Gasteiger partial charge in [-0.3, -0.25) is 19.3 Å². The van der Waals surface area contributed by atoms with E-state index in [0.717, 1.165) is 16.7 Å². The summed E-state index contributed by atoms with van der Waals surface area (Å²) < 4.78 is 31.4. The van der Waals surface area contributed by atoms with Gasteiger partial charge in [-0.1, -0.05) is 72.1 Å². The van der Waals surface area contributed by atoms with Crippen molar-refractivity contribution in [1.29, 1.82) is 0 Å². The van der Waals surface area contributed by atoms with Crippen LogP contribution in [0, 0.1) is 5.82 Å². The molecule has 16 heteroatoms. The van der Waals surface area contributed by atoms with Gasteiger partial charge >= 0.3 is 18.0 Å². The summed E-state index contributed by atoms with van der Waals surface area (Å²) in [5, 5.41) is 6.65. The van der Waals surface area contributed by atoms with Crippen molar-refractivity contribution < 1.29 is 52.2 Å². The zero-order valence-electron chi connectivity index (χ0n) is 42.5. The first-order valence-corrected chi connectivity index (χ1v) is 24.8. The average Bonchev–Trinajstić information content (AvgIpc) is 3.77. The third-order valence-electron chi connectivity index (χ3n) is 12.1. The number of hydrogen-bond acceptors (Lipinski definition) is 12. The number of unbranched alkanes of at least 4 members (excludes halogenated alkanes) is 2. The van der Waals surface area contributed by atoms with Crippen LogP contribution in [0.3, 0.4) is 0 Å². The smallest absolute Gasteiger partial charge is 0.408 e. The van der Waals surface area contributed by atoms with Gasteiger partial charge in [0.25, 0.3) is 5.91 Å². The molecule has 3 aromatic rings. The predicted molar refractivity (Wildman–Crippen MR) is 268 cm³/mol. The number of fused-ring (bicyclic) bond motifs is 1. The van der Waals surface area contributed by atoms with Crippen molar-refractivity contribution in [3.63, 3.8) is 0 Å². The summed E-state index contributed by atoms with van der Waals surface area (Å²) in [6, 6.07) is 15.2. The molecule has 71 heavy (non-hydrogen) atoms. The summed E-state index contributed by atoms with van der Waals surface area (Å²) in [7, 11) is 0. The zero-order valence-corrected chi connectivity index (χ0v) is 43.2. The van der Waals surface area contributed by atoms with Crippen molar-refractivity contribution in [2.45, 2.75) is 155 Å². The second kappa shape index (κ2) is 23.1. The van der Waals surface area contributed by atoms with Crippen molar-refractivity contribution in [2.75, 3.05) is 26.2 Å². The molecule has 382 valence electrons. The molecular weight excluding hydrogens is 931 g/mol. The number of nitrogens with zero attached hydrogens (tertiary/aromatic N) is 3. The van der Waals surface area contributed by atoms with Gasteiger partial charge in [0.15, 0.2) is 11.6 Å². The fourth-order valence-electron chi connectivity index (χ4n) is 8.88. The van der Waals surface area contributed by atoms with E-state index in [0.29, 0.717) is 81.3 Å². The summed E-state index contributed by atoms with van der Waals surface area (Å²) >= 11 is 6.05. The quantitative estimate of drug-likeness (QED) is 0.0776. The summed E-state index contributed by atoms with van der Waals surface area (Å²) in [5.74, 6) is -2.24. The van der Waals surface area contributed by atoms with E-state index < -0.39 is 64.7 Å². The highest BCUT2D eigenvalue weighted by Gasteiger charge is 2.42. The molecule has 3 atom stereocenters. The van der Waals surface area contributed by atoms with E-state index in [9.17, 15) is 28.8 Å². The molecule has 0 saturated carbocycles. The Morgan fingerprint density at radius 3 is 2.15 bits per heavy atom.